The minimum absolute atomic E-state index is 0.203. The topological polar surface area (TPSA) is 69.0 Å². The summed E-state index contributed by atoms with van der Waals surface area (Å²) >= 11 is 13.7. The molecule has 3 heterocycles. The van der Waals surface area contributed by atoms with Gasteiger partial charge in [-0.3, -0.25) is 4.79 Å². The number of halogens is 2. The summed E-state index contributed by atoms with van der Waals surface area (Å²) < 4.78 is 7.12. The molecule has 0 saturated heterocycles. The first-order valence-electron chi connectivity index (χ1n) is 8.49. The Morgan fingerprint density at radius 2 is 2.11 bits per heavy atom. The molecule has 0 saturated carbocycles. The Morgan fingerprint density at radius 1 is 1.30 bits per heavy atom. The van der Waals surface area contributed by atoms with Gasteiger partial charge in [0, 0.05) is 41.9 Å². The third-order valence-corrected chi connectivity index (χ3v) is 5.64. The summed E-state index contributed by atoms with van der Waals surface area (Å²) in [6.45, 7) is 1.74. The first kappa shape index (κ1) is 18.3. The third kappa shape index (κ3) is 3.95. The molecule has 6 nitrogen and oxygen atoms in total. The van der Waals surface area contributed by atoms with Gasteiger partial charge in [-0.2, -0.15) is 5.10 Å². The number of aromatic nitrogens is 3. The first-order valence-corrected chi connectivity index (χ1v) is 10.1. The highest BCUT2D eigenvalue weighted by Gasteiger charge is 2.24. The van der Waals surface area contributed by atoms with Crippen molar-refractivity contribution in [3.8, 4) is 17.1 Å². The van der Waals surface area contributed by atoms with Crippen molar-refractivity contribution in [3.05, 3.63) is 50.4 Å². The molecule has 4 rings (SSSR count). The molecule has 0 aliphatic carbocycles. The van der Waals surface area contributed by atoms with Crippen LogP contribution in [0.15, 0.2) is 29.6 Å². The minimum Gasteiger partial charge on any atom is -0.477 e. The molecule has 0 radical (unpaired) electrons. The van der Waals surface area contributed by atoms with Gasteiger partial charge in [0.1, 0.15) is 5.02 Å². The number of aryl methyl sites for hydroxylation is 1. The van der Waals surface area contributed by atoms with E-state index in [1.165, 1.54) is 0 Å². The number of nitrogens with zero attached hydrogens (tertiary/aromatic N) is 3. The van der Waals surface area contributed by atoms with Crippen LogP contribution in [0, 0.1) is 0 Å². The molecule has 0 atom stereocenters. The van der Waals surface area contributed by atoms with E-state index >= 15 is 0 Å². The summed E-state index contributed by atoms with van der Waals surface area (Å²) in [5, 5.41) is 11.0. The lowest BCUT2D eigenvalue weighted by atomic mass is 10.2. The van der Waals surface area contributed by atoms with Gasteiger partial charge in [-0.15, -0.1) is 11.3 Å². The summed E-state index contributed by atoms with van der Waals surface area (Å²) in [4.78, 5) is 17.0. The van der Waals surface area contributed by atoms with Crippen LogP contribution < -0.4 is 10.1 Å². The number of benzene rings is 1. The highest BCUT2D eigenvalue weighted by Crippen LogP contribution is 2.30. The molecule has 0 spiro atoms. The van der Waals surface area contributed by atoms with Crippen molar-refractivity contribution in [2.24, 2.45) is 0 Å². The number of carbonyl (C=O) groups is 1. The van der Waals surface area contributed by atoms with E-state index in [1.54, 1.807) is 16.0 Å². The highest BCUT2D eigenvalue weighted by atomic mass is 35.5. The molecule has 1 aromatic carbocycles. The molecule has 0 fully saturated rings. The second-order valence-corrected chi connectivity index (χ2v) is 7.79. The Bertz CT molecular complexity index is 968. The van der Waals surface area contributed by atoms with Crippen LogP contribution in [0.3, 0.4) is 0 Å². The molecule has 9 heteroatoms. The Kier molecular flexibility index (Phi) is 5.33. The number of carbonyl (C=O) groups excluding carboxylic acids is 1. The van der Waals surface area contributed by atoms with Gasteiger partial charge in [-0.25, -0.2) is 9.67 Å². The van der Waals surface area contributed by atoms with Gasteiger partial charge in [0.15, 0.2) is 5.69 Å². The van der Waals surface area contributed by atoms with Crippen LogP contribution in [0.1, 0.15) is 21.9 Å². The quantitative estimate of drug-likeness (QED) is 0.672. The molecule has 1 aliphatic heterocycles. The molecular weight excluding hydrogens is 407 g/mol. The normalized spacial score (nSPS) is 13.1. The number of hydrogen-bond donors (Lipinski definition) is 1. The fourth-order valence-corrected chi connectivity index (χ4v) is 4.00. The van der Waals surface area contributed by atoms with Gasteiger partial charge < -0.3 is 10.1 Å². The maximum absolute atomic E-state index is 12.4. The summed E-state index contributed by atoms with van der Waals surface area (Å²) in [7, 11) is 0. The lowest BCUT2D eigenvalue weighted by Crippen LogP contribution is -2.26. The average Bonchev–Trinajstić information content (AvgIpc) is 3.28. The average molecular weight is 423 g/mol. The van der Waals surface area contributed by atoms with Crippen molar-refractivity contribution >= 4 is 40.4 Å². The van der Waals surface area contributed by atoms with E-state index in [-0.39, 0.29) is 16.6 Å². The van der Waals surface area contributed by atoms with Crippen LogP contribution in [-0.4, -0.2) is 33.8 Å². The summed E-state index contributed by atoms with van der Waals surface area (Å²) in [6, 6.07) is 7.56. The Balaban J connectivity index is 1.35. The molecule has 27 heavy (non-hydrogen) atoms. The first-order chi connectivity index (χ1) is 13.1. The van der Waals surface area contributed by atoms with Crippen molar-refractivity contribution in [1.29, 1.82) is 0 Å². The van der Waals surface area contributed by atoms with Gasteiger partial charge in [-0.1, -0.05) is 35.3 Å². The molecule has 2 aromatic heterocycles. The highest BCUT2D eigenvalue weighted by molar-refractivity contribution is 7.09. The Labute approximate surface area is 170 Å². The standard InChI is InChI=1S/C18H16Cl2N4O2S/c19-12-4-2-11(3-5-12)13-10-27-14(22-13)6-7-21-17(25)16-15(20)18-24(23-16)8-1-9-26-18/h2-5,10H,1,6-9H2,(H,21,25). The fourth-order valence-electron chi connectivity index (χ4n) is 2.79. The molecule has 1 amide bonds. The van der Waals surface area contributed by atoms with Crippen LogP contribution in [0.4, 0.5) is 0 Å². The summed E-state index contributed by atoms with van der Waals surface area (Å²) in [6.07, 6.45) is 1.48. The predicted molar refractivity (Wildman–Crippen MR) is 106 cm³/mol. The van der Waals surface area contributed by atoms with Crippen LogP contribution in [0.25, 0.3) is 11.3 Å². The van der Waals surface area contributed by atoms with E-state index in [9.17, 15) is 4.79 Å². The minimum atomic E-state index is -0.306. The number of fused-ring (bicyclic) bond motifs is 1. The van der Waals surface area contributed by atoms with Crippen LogP contribution in [0.5, 0.6) is 5.88 Å². The number of thiazole rings is 1. The zero-order chi connectivity index (χ0) is 18.8. The van der Waals surface area contributed by atoms with Crippen molar-refractivity contribution < 1.29 is 9.53 Å². The zero-order valence-corrected chi connectivity index (χ0v) is 16.6. The maximum atomic E-state index is 12.4. The molecule has 3 aromatic rings. The van der Waals surface area contributed by atoms with Crippen molar-refractivity contribution in [1.82, 2.24) is 20.1 Å². The lowest BCUT2D eigenvalue weighted by Gasteiger charge is -2.14. The van der Waals surface area contributed by atoms with Crippen LogP contribution in [-0.2, 0) is 13.0 Å². The second-order valence-electron chi connectivity index (χ2n) is 6.03. The Hall–Kier alpha value is -2.09. The number of nitrogens with one attached hydrogen (secondary N) is 1. The van der Waals surface area contributed by atoms with E-state index < -0.39 is 0 Å². The van der Waals surface area contributed by atoms with E-state index in [2.05, 4.69) is 15.4 Å². The largest absolute Gasteiger partial charge is 0.477 e. The lowest BCUT2D eigenvalue weighted by molar-refractivity contribution is 0.0948. The molecule has 1 aliphatic rings. The third-order valence-electron chi connectivity index (χ3n) is 4.14. The summed E-state index contributed by atoms with van der Waals surface area (Å²) in [5.41, 5.74) is 2.12. The van der Waals surface area contributed by atoms with E-state index in [1.807, 2.05) is 29.6 Å². The van der Waals surface area contributed by atoms with Crippen molar-refractivity contribution in [2.45, 2.75) is 19.4 Å². The van der Waals surface area contributed by atoms with Gasteiger partial charge in [0.05, 0.1) is 17.3 Å². The number of amides is 1. The second kappa shape index (κ2) is 7.88. The van der Waals surface area contributed by atoms with Crippen molar-refractivity contribution in [2.75, 3.05) is 13.2 Å². The molecule has 0 bridgehead atoms. The monoisotopic (exact) mass is 422 g/mol. The maximum Gasteiger partial charge on any atom is 0.273 e. The Morgan fingerprint density at radius 3 is 2.89 bits per heavy atom. The van der Waals surface area contributed by atoms with Gasteiger partial charge in [-0.05, 0) is 12.1 Å². The zero-order valence-electron chi connectivity index (χ0n) is 14.2. The number of hydrogen-bond acceptors (Lipinski definition) is 5. The molecule has 1 N–H and O–H groups in total. The smallest absolute Gasteiger partial charge is 0.273 e. The number of rotatable bonds is 5. The van der Waals surface area contributed by atoms with E-state index in [0.717, 1.165) is 22.7 Å². The van der Waals surface area contributed by atoms with Gasteiger partial charge in [0.2, 0.25) is 5.88 Å². The van der Waals surface area contributed by atoms with Crippen LogP contribution >= 0.6 is 34.5 Å². The van der Waals surface area contributed by atoms with Gasteiger partial charge in [0.25, 0.3) is 5.91 Å². The molecular formula is C18H16Cl2N4O2S. The van der Waals surface area contributed by atoms with Crippen LogP contribution in [0.2, 0.25) is 10.0 Å². The molecule has 0 unspecified atom stereocenters. The van der Waals surface area contributed by atoms with E-state index in [4.69, 9.17) is 27.9 Å². The number of ether oxygens (including phenoxy) is 1. The fraction of sp³-hybridized carbons (Fsp3) is 0.278. The van der Waals surface area contributed by atoms with E-state index in [0.29, 0.717) is 37.0 Å². The summed E-state index contributed by atoms with van der Waals surface area (Å²) in [5.74, 6) is 0.167. The molecule has 140 valence electrons. The van der Waals surface area contributed by atoms with Gasteiger partial charge >= 0.3 is 0 Å². The van der Waals surface area contributed by atoms with Crippen molar-refractivity contribution in [3.63, 3.8) is 0 Å². The SMILES string of the molecule is O=C(NCCc1nc(-c2ccc(Cl)cc2)cs1)c1nn2c(c1Cl)OCCC2. The predicted octanol–water partition coefficient (Wildman–Crippen LogP) is 4.07.